The summed E-state index contributed by atoms with van der Waals surface area (Å²) in [6, 6.07) is 19.7. The number of hydrogen-bond acceptors (Lipinski definition) is 14. The second kappa shape index (κ2) is 31.8. The van der Waals surface area contributed by atoms with Crippen LogP contribution in [-0.4, -0.2) is 152 Å². The van der Waals surface area contributed by atoms with Gasteiger partial charge in [0.15, 0.2) is 5.96 Å². The number of aromatic hydroxyl groups is 1. The van der Waals surface area contributed by atoms with Gasteiger partial charge in [-0.2, -0.15) is 0 Å². The molecule has 89 heavy (non-hydrogen) atoms. The molecule has 0 bridgehead atoms. The summed E-state index contributed by atoms with van der Waals surface area (Å²) < 4.78 is 5.69. The van der Waals surface area contributed by atoms with Crippen molar-refractivity contribution in [2.45, 2.75) is 140 Å². The van der Waals surface area contributed by atoms with Crippen LogP contribution in [0.4, 0.5) is 0 Å². The van der Waals surface area contributed by atoms with Gasteiger partial charge in [-0.25, -0.2) is 9.78 Å². The Hall–Kier alpha value is -9.65. The van der Waals surface area contributed by atoms with Crippen LogP contribution in [0.15, 0.2) is 121 Å². The first-order valence-corrected chi connectivity index (χ1v) is 29.9. The Balaban J connectivity index is 1.04. The summed E-state index contributed by atoms with van der Waals surface area (Å²) in [7, 11) is 0. The molecule has 1 unspecified atom stereocenters. The number of aliphatic imine (C=N–C) groups is 1. The summed E-state index contributed by atoms with van der Waals surface area (Å²) in [6.45, 7) is 6.99. The Morgan fingerprint density at radius 3 is 1.90 bits per heavy atom. The first kappa shape index (κ1) is 66.9. The fourth-order valence-electron chi connectivity index (χ4n) is 11.0. The van der Waals surface area contributed by atoms with E-state index < -0.39 is 120 Å². The van der Waals surface area contributed by atoms with Crippen LogP contribution in [0.3, 0.4) is 0 Å². The van der Waals surface area contributed by atoms with Gasteiger partial charge >= 0.3 is 11.9 Å². The number of fused-ring (bicyclic) bond motifs is 3. The van der Waals surface area contributed by atoms with Crippen molar-refractivity contribution < 1.29 is 58.1 Å². The summed E-state index contributed by atoms with van der Waals surface area (Å²) in [6.07, 6.45) is 3.16. The molecule has 9 atom stereocenters. The number of likely N-dealkylation sites (tertiary alicyclic amines) is 1. The molecule has 0 saturated carbocycles. The van der Waals surface area contributed by atoms with E-state index in [0.717, 1.165) is 22.3 Å². The number of carboxylic acids is 1. The Morgan fingerprint density at radius 2 is 1.28 bits per heavy atom. The highest BCUT2D eigenvalue weighted by atomic mass is 16.5. The number of carboxylic acid groups (broad SMARTS) is 1. The molecule has 1 aliphatic carbocycles. The van der Waals surface area contributed by atoms with E-state index in [-0.39, 0.29) is 75.8 Å². The van der Waals surface area contributed by atoms with Crippen LogP contribution in [0.25, 0.3) is 11.1 Å². The Labute approximate surface area is 516 Å². The number of amides is 7. The smallest absolute Gasteiger partial charge is 0.326 e. The van der Waals surface area contributed by atoms with Crippen LogP contribution in [0, 0.1) is 11.8 Å². The predicted molar refractivity (Wildman–Crippen MR) is 330 cm³/mol. The summed E-state index contributed by atoms with van der Waals surface area (Å²) in [4.78, 5) is 139. The first-order valence-electron chi connectivity index (χ1n) is 29.9. The van der Waals surface area contributed by atoms with Gasteiger partial charge < -0.3 is 73.9 Å². The van der Waals surface area contributed by atoms with Gasteiger partial charge in [0.05, 0.1) is 18.8 Å². The third kappa shape index (κ3) is 18.4. The molecule has 2 heterocycles. The molecule has 15 N–H and O–H groups in total. The zero-order valence-electron chi connectivity index (χ0n) is 50.4. The number of nitrogens with zero attached hydrogens (tertiary/aromatic N) is 3. The molecule has 5 aromatic rings. The normalized spacial score (nSPS) is 16.1. The maximum atomic E-state index is 14.8. The number of aromatic nitrogens is 2. The standard InChI is InChI=1S/C64H81N13O12/c1-5-37(4)55(61(85)73-50(31-40-33-68-35-70-40)62(86)77-28-14-22-52(77)59(83)74-51(63(87)88)30-38-15-7-6-8-16-38)76-58(82)49(29-39-23-25-41(78)26-24-39)72-60(84)54(36(2)3)75-57(81)48(21-13-27-69-64(66)67)71-56(80)47(65)32-53(79)89-34-46-44-19-11-9-17-42(44)43-18-10-12-20-45(43)46/h6-12,15-20,23-26,33,35-37,46-52,54-55,78H,5,13-14,21-22,27-32,34,65H2,1-4H3,(H,68,70)(H,71,80)(H,72,84)(H,73,85)(H,74,83)(H,75,81)(H,76,82)(H,87,88)(H4,66,67,69)/t37-,47?,48-,49-,50-,51-,52-,54-,55-/m0/s1. The fraction of sp³-hybridized carbons (Fsp3) is 0.422. The van der Waals surface area contributed by atoms with Gasteiger partial charge in [-0.05, 0) is 83.0 Å². The zero-order chi connectivity index (χ0) is 64.3. The minimum Gasteiger partial charge on any atom is -0.508 e. The lowest BCUT2D eigenvalue weighted by Gasteiger charge is -2.32. The average molecular weight is 1220 g/mol. The van der Waals surface area contributed by atoms with Crippen molar-refractivity contribution in [1.29, 1.82) is 0 Å². The quantitative estimate of drug-likeness (QED) is 0.0131. The second-order valence-electron chi connectivity index (χ2n) is 22.9. The number of carbonyl (C=O) groups is 9. The van der Waals surface area contributed by atoms with Crippen molar-refractivity contribution >= 4 is 59.2 Å². The van der Waals surface area contributed by atoms with E-state index >= 15 is 0 Å². The lowest BCUT2D eigenvalue weighted by Crippen LogP contribution is -2.62. The molecule has 7 rings (SSSR count). The van der Waals surface area contributed by atoms with E-state index in [1.54, 1.807) is 70.2 Å². The molecule has 25 heteroatoms. The number of phenolic OH excluding ortho intramolecular Hbond substituents is 1. The number of imidazole rings is 1. The number of hydrogen-bond donors (Lipinski definition) is 12. The second-order valence-corrected chi connectivity index (χ2v) is 22.9. The van der Waals surface area contributed by atoms with Crippen molar-refractivity contribution in [3.63, 3.8) is 0 Å². The number of nitrogens with two attached hydrogens (primary N) is 3. The Kier molecular flexibility index (Phi) is 23.9. The highest BCUT2D eigenvalue weighted by Crippen LogP contribution is 2.44. The molecule has 1 aromatic heterocycles. The summed E-state index contributed by atoms with van der Waals surface area (Å²) in [5.74, 6) is -9.13. The number of aromatic amines is 1. The molecule has 7 amide bonds. The Morgan fingerprint density at radius 1 is 0.697 bits per heavy atom. The average Bonchev–Trinajstić information content (AvgIpc) is 1.71. The number of guanidine groups is 1. The molecule has 0 radical (unpaired) electrons. The maximum Gasteiger partial charge on any atom is 0.326 e. The predicted octanol–water partition coefficient (Wildman–Crippen LogP) is 1.96. The van der Waals surface area contributed by atoms with Crippen LogP contribution < -0.4 is 49.1 Å². The number of aliphatic carboxylic acids is 1. The number of esters is 1. The number of rotatable bonds is 31. The highest BCUT2D eigenvalue weighted by Gasteiger charge is 2.41. The largest absolute Gasteiger partial charge is 0.508 e. The van der Waals surface area contributed by atoms with Crippen molar-refractivity contribution in [2.75, 3.05) is 19.7 Å². The van der Waals surface area contributed by atoms with Crippen molar-refractivity contribution in [3.8, 4) is 16.9 Å². The monoisotopic (exact) mass is 1220 g/mol. The van der Waals surface area contributed by atoms with E-state index in [0.29, 0.717) is 29.7 Å². The highest BCUT2D eigenvalue weighted by molar-refractivity contribution is 5.98. The summed E-state index contributed by atoms with van der Waals surface area (Å²) >= 11 is 0. The molecule has 4 aromatic carbocycles. The van der Waals surface area contributed by atoms with E-state index in [4.69, 9.17) is 21.9 Å². The Bertz CT molecular complexity index is 3260. The molecule has 25 nitrogen and oxygen atoms in total. The van der Waals surface area contributed by atoms with Crippen LogP contribution in [-0.2, 0) is 67.2 Å². The zero-order valence-corrected chi connectivity index (χ0v) is 50.4. The van der Waals surface area contributed by atoms with E-state index in [1.807, 2.05) is 48.5 Å². The lowest BCUT2D eigenvalue weighted by atomic mass is 9.96. The molecule has 1 fully saturated rings. The van der Waals surface area contributed by atoms with Gasteiger partial charge in [-0.1, -0.05) is 125 Å². The van der Waals surface area contributed by atoms with Crippen LogP contribution in [0.5, 0.6) is 5.75 Å². The molecular weight excluding hydrogens is 1140 g/mol. The first-order chi connectivity index (χ1) is 42.6. The summed E-state index contributed by atoms with van der Waals surface area (Å²) in [5, 5.41) is 36.5. The third-order valence-electron chi connectivity index (χ3n) is 16.1. The number of H-pyrrole nitrogens is 1. The van der Waals surface area contributed by atoms with Gasteiger partial charge in [0.1, 0.15) is 54.6 Å². The third-order valence-corrected chi connectivity index (χ3v) is 16.1. The van der Waals surface area contributed by atoms with Crippen LogP contribution in [0.2, 0.25) is 0 Å². The van der Waals surface area contributed by atoms with Crippen LogP contribution in [0.1, 0.15) is 100 Å². The lowest BCUT2D eigenvalue weighted by molar-refractivity contribution is -0.146. The van der Waals surface area contributed by atoms with Gasteiger partial charge in [0.2, 0.25) is 41.4 Å². The molecule has 0 spiro atoms. The van der Waals surface area contributed by atoms with Gasteiger partial charge in [-0.3, -0.25) is 43.3 Å². The SMILES string of the molecule is CC[C@H](C)[C@H](NC(=O)[C@H](Cc1ccc(O)cc1)NC(=O)[C@@H](NC(=O)[C@H](CCCN=C(N)N)NC(=O)C(N)CC(=O)OCC1c2ccccc2-c2ccccc21)C(C)C)C(=O)N[C@@H](Cc1cnc[nH]1)C(=O)N1CCC[C@H]1C(=O)N[C@@H](Cc1ccccc1)C(=O)O. The van der Waals surface area contributed by atoms with Crippen molar-refractivity contribution in [1.82, 2.24) is 46.8 Å². The van der Waals surface area contributed by atoms with Gasteiger partial charge in [0, 0.05) is 50.2 Å². The number of phenols is 1. The van der Waals surface area contributed by atoms with E-state index in [2.05, 4.69) is 46.9 Å². The minimum atomic E-state index is -1.45. The maximum absolute atomic E-state index is 14.8. The number of ether oxygens (including phenoxy) is 1. The minimum absolute atomic E-state index is 0.00259. The van der Waals surface area contributed by atoms with E-state index in [9.17, 15) is 53.4 Å². The number of benzene rings is 4. The van der Waals surface area contributed by atoms with Crippen molar-refractivity contribution in [3.05, 3.63) is 144 Å². The topological polar surface area (TPSA) is 398 Å². The number of nitrogens with one attached hydrogen (secondary N) is 7. The molecule has 2 aliphatic rings. The van der Waals surface area contributed by atoms with Gasteiger partial charge in [0.25, 0.3) is 0 Å². The van der Waals surface area contributed by atoms with E-state index in [1.165, 1.54) is 29.6 Å². The van der Waals surface area contributed by atoms with Crippen LogP contribution >= 0.6 is 0 Å². The van der Waals surface area contributed by atoms with Gasteiger partial charge in [-0.15, -0.1) is 0 Å². The summed E-state index contributed by atoms with van der Waals surface area (Å²) in [5.41, 5.74) is 23.1. The molecule has 1 aliphatic heterocycles. The van der Waals surface area contributed by atoms with Crippen molar-refractivity contribution in [2.24, 2.45) is 34.0 Å². The fourth-order valence-corrected chi connectivity index (χ4v) is 11.0. The molecular formula is C64H81N13O12. The molecule has 1 saturated heterocycles. The number of carbonyl (C=O) groups excluding carboxylic acids is 8. The molecule has 474 valence electrons.